The van der Waals surface area contributed by atoms with E-state index in [0.717, 1.165) is 22.3 Å². The molecule has 0 unspecified atom stereocenters. The Morgan fingerprint density at radius 1 is 0.833 bits per heavy atom. The average molecular weight is 573 g/mol. The zero-order chi connectivity index (χ0) is 30.0. The number of aromatic nitrogens is 1. The normalized spacial score (nSPS) is 24.6. The Hall–Kier alpha value is -4.20. The van der Waals surface area contributed by atoms with Crippen molar-refractivity contribution in [1.29, 1.82) is 5.26 Å². The third kappa shape index (κ3) is 3.60. The highest BCUT2D eigenvalue weighted by Gasteiger charge is 2.57. The van der Waals surface area contributed by atoms with Gasteiger partial charge in [0.25, 0.3) is 0 Å². The monoisotopic (exact) mass is 572 g/mol. The number of benzene rings is 2. The molecule has 10 nitrogen and oxygen atoms in total. The Bertz CT molecular complexity index is 1600. The van der Waals surface area contributed by atoms with Gasteiger partial charge in [-0.2, -0.15) is 5.26 Å². The van der Waals surface area contributed by atoms with Crippen LogP contribution in [0.3, 0.4) is 0 Å². The molecule has 0 spiro atoms. The number of rotatable bonds is 5. The quantitative estimate of drug-likeness (QED) is 0.465. The number of nitriles is 1. The Kier molecular flexibility index (Phi) is 6.83. The fourth-order valence-corrected chi connectivity index (χ4v) is 7.91. The first-order valence-electron chi connectivity index (χ1n) is 14.0. The Labute approximate surface area is 245 Å². The largest absolute Gasteiger partial charge is 0.504 e. The van der Waals surface area contributed by atoms with Crippen molar-refractivity contribution in [2.75, 3.05) is 35.5 Å². The summed E-state index contributed by atoms with van der Waals surface area (Å²) in [6.45, 7) is 3.73. The summed E-state index contributed by atoms with van der Waals surface area (Å²) in [4.78, 5) is 9.11. The minimum atomic E-state index is -0.579. The lowest BCUT2D eigenvalue weighted by Gasteiger charge is -2.59. The minimum Gasteiger partial charge on any atom is -0.504 e. The number of piperazine rings is 1. The number of phenolic OH excluding ortho intramolecular Hbond substituents is 2. The summed E-state index contributed by atoms with van der Waals surface area (Å²) in [5.74, 6) is 2.10. The molecule has 1 saturated heterocycles. The zero-order valence-corrected chi connectivity index (χ0v) is 24.9. The van der Waals surface area contributed by atoms with E-state index in [1.165, 1.54) is 7.11 Å². The van der Waals surface area contributed by atoms with E-state index in [9.17, 15) is 15.5 Å². The molecule has 4 heterocycles. The molecule has 3 aromatic rings. The van der Waals surface area contributed by atoms with Crippen molar-refractivity contribution >= 4 is 0 Å². The molecule has 5 atom stereocenters. The van der Waals surface area contributed by atoms with Crippen LogP contribution in [0.15, 0.2) is 24.4 Å². The third-order valence-electron chi connectivity index (χ3n) is 9.51. The lowest BCUT2D eigenvalue weighted by Crippen LogP contribution is -2.68. The fraction of sp³-hybridized carbons (Fsp3) is 0.438. The van der Waals surface area contributed by atoms with Crippen molar-refractivity contribution in [3.8, 4) is 40.6 Å². The standard InChI is InChI=1S/C32H36N4O6/c1-15-29(39-4)17-12-20-22(14-33)36-21(26(35(20)3)24(17)28(38)32(15)42-7)13-18-23(25(36)19-10-8-9-11-34-19)27(37)31(41-6)16(2)30(18)40-5/h8-11,20-22,25-26,37-38H,12-13H2,1-7H3/t20-,21-,22-,25-,26-/m0/s1. The maximum absolute atomic E-state index is 11.7. The number of pyridine rings is 1. The molecule has 2 aromatic carbocycles. The molecule has 6 rings (SSSR count). The van der Waals surface area contributed by atoms with Crippen molar-refractivity contribution < 1.29 is 29.2 Å². The molecule has 10 heteroatoms. The lowest BCUT2D eigenvalue weighted by molar-refractivity contribution is -0.0659. The van der Waals surface area contributed by atoms with Gasteiger partial charge in [-0.1, -0.05) is 6.07 Å². The van der Waals surface area contributed by atoms with Crippen molar-refractivity contribution in [3.05, 3.63) is 63.5 Å². The van der Waals surface area contributed by atoms with E-state index in [4.69, 9.17) is 23.9 Å². The number of aromatic hydroxyl groups is 2. The molecular weight excluding hydrogens is 536 g/mol. The van der Waals surface area contributed by atoms with E-state index in [1.807, 2.05) is 39.1 Å². The highest BCUT2D eigenvalue weighted by Crippen LogP contribution is 2.59. The Morgan fingerprint density at radius 3 is 1.90 bits per heavy atom. The van der Waals surface area contributed by atoms with Gasteiger partial charge in [0.2, 0.25) is 0 Å². The summed E-state index contributed by atoms with van der Waals surface area (Å²) in [5, 5.41) is 34.3. The van der Waals surface area contributed by atoms with Gasteiger partial charge in [0.05, 0.1) is 52.3 Å². The number of hydrogen-bond acceptors (Lipinski definition) is 10. The van der Waals surface area contributed by atoms with Crippen LogP contribution < -0.4 is 18.9 Å². The molecule has 0 aliphatic carbocycles. The molecule has 2 bridgehead atoms. The number of ether oxygens (including phenoxy) is 4. The topological polar surface area (TPSA) is 121 Å². The van der Waals surface area contributed by atoms with Gasteiger partial charge >= 0.3 is 0 Å². The maximum Gasteiger partial charge on any atom is 0.167 e. The van der Waals surface area contributed by atoms with Crippen LogP contribution in [-0.4, -0.2) is 78.6 Å². The second-order valence-corrected chi connectivity index (χ2v) is 11.2. The number of hydrogen-bond donors (Lipinski definition) is 2. The highest BCUT2D eigenvalue weighted by molar-refractivity contribution is 5.68. The van der Waals surface area contributed by atoms with E-state index in [-0.39, 0.29) is 29.6 Å². The summed E-state index contributed by atoms with van der Waals surface area (Å²) in [6.07, 6.45) is 2.65. The van der Waals surface area contributed by atoms with Gasteiger partial charge in [0.15, 0.2) is 23.0 Å². The van der Waals surface area contributed by atoms with Gasteiger partial charge in [0, 0.05) is 51.7 Å². The second kappa shape index (κ2) is 10.3. The van der Waals surface area contributed by atoms with E-state index < -0.39 is 12.1 Å². The predicted molar refractivity (Wildman–Crippen MR) is 155 cm³/mol. The van der Waals surface area contributed by atoms with Gasteiger partial charge in [-0.3, -0.25) is 14.8 Å². The van der Waals surface area contributed by atoms with Gasteiger partial charge < -0.3 is 29.2 Å². The molecule has 3 aliphatic heterocycles. The maximum atomic E-state index is 11.7. The summed E-state index contributed by atoms with van der Waals surface area (Å²) in [5.41, 5.74) is 5.17. The van der Waals surface area contributed by atoms with Gasteiger partial charge in [0.1, 0.15) is 17.5 Å². The van der Waals surface area contributed by atoms with E-state index in [1.54, 1.807) is 27.5 Å². The summed E-state index contributed by atoms with van der Waals surface area (Å²) < 4.78 is 23.2. The minimum absolute atomic E-state index is 0.0166. The molecule has 220 valence electrons. The molecule has 42 heavy (non-hydrogen) atoms. The molecular formula is C32H36N4O6. The SMILES string of the molecule is COc1c(C)c(OC)c2c(c1O)[C@H](c1ccccn1)N1[C@@H](C#N)[C@@H]3Cc4c(OC)c(C)c(OC)c(O)c4[C@H]([C@@H]1C2)N3C. The first kappa shape index (κ1) is 27.9. The number of methoxy groups -OCH3 is 4. The average Bonchev–Trinajstić information content (AvgIpc) is 2.98. The van der Waals surface area contributed by atoms with Crippen molar-refractivity contribution in [2.24, 2.45) is 0 Å². The Balaban J connectivity index is 1.70. The van der Waals surface area contributed by atoms with Gasteiger partial charge in [-0.15, -0.1) is 0 Å². The number of fused-ring (bicyclic) bond motifs is 7. The fourth-order valence-electron chi connectivity index (χ4n) is 7.91. The number of likely N-dealkylation sites (N-methyl/N-ethyl adjacent to an activating group) is 1. The third-order valence-corrected chi connectivity index (χ3v) is 9.51. The van der Waals surface area contributed by atoms with Crippen molar-refractivity contribution in [2.45, 2.75) is 56.9 Å². The molecule has 3 aliphatic rings. The van der Waals surface area contributed by atoms with E-state index >= 15 is 0 Å². The van der Waals surface area contributed by atoms with Crippen molar-refractivity contribution in [3.63, 3.8) is 0 Å². The molecule has 1 aromatic heterocycles. The van der Waals surface area contributed by atoms with Crippen LogP contribution in [0, 0.1) is 25.2 Å². The number of phenols is 2. The van der Waals surface area contributed by atoms with E-state index in [0.29, 0.717) is 52.7 Å². The molecule has 0 amide bonds. The van der Waals surface area contributed by atoms with Gasteiger partial charge in [-0.25, -0.2) is 0 Å². The molecule has 0 saturated carbocycles. The van der Waals surface area contributed by atoms with Crippen molar-refractivity contribution in [1.82, 2.24) is 14.8 Å². The molecule has 1 fully saturated rings. The predicted octanol–water partition coefficient (Wildman–Crippen LogP) is 3.96. The van der Waals surface area contributed by atoms with Crippen LogP contribution in [0.2, 0.25) is 0 Å². The van der Waals surface area contributed by atoms with Crippen LogP contribution in [0.1, 0.15) is 51.2 Å². The van der Waals surface area contributed by atoms with Crippen LogP contribution in [-0.2, 0) is 12.8 Å². The number of nitrogens with zero attached hydrogens (tertiary/aromatic N) is 4. The second-order valence-electron chi connectivity index (χ2n) is 11.2. The first-order valence-corrected chi connectivity index (χ1v) is 14.0. The van der Waals surface area contributed by atoms with Crippen LogP contribution in [0.5, 0.6) is 34.5 Å². The highest BCUT2D eigenvalue weighted by atomic mass is 16.5. The zero-order valence-electron chi connectivity index (χ0n) is 24.9. The first-order chi connectivity index (χ1) is 20.2. The Morgan fingerprint density at radius 2 is 1.38 bits per heavy atom. The summed E-state index contributed by atoms with van der Waals surface area (Å²) in [6, 6.07) is 6.26. The van der Waals surface area contributed by atoms with Crippen LogP contribution >= 0.6 is 0 Å². The molecule has 0 radical (unpaired) electrons. The summed E-state index contributed by atoms with van der Waals surface area (Å²) >= 11 is 0. The smallest absolute Gasteiger partial charge is 0.167 e. The van der Waals surface area contributed by atoms with E-state index in [2.05, 4.69) is 15.9 Å². The summed E-state index contributed by atoms with van der Waals surface area (Å²) in [7, 11) is 8.31. The lowest BCUT2D eigenvalue weighted by atomic mass is 9.71. The van der Waals surface area contributed by atoms with Crippen LogP contribution in [0.4, 0.5) is 0 Å². The van der Waals surface area contributed by atoms with Gasteiger partial charge in [-0.05, 0) is 45.9 Å². The van der Waals surface area contributed by atoms with Crippen LogP contribution in [0.25, 0.3) is 0 Å². The molecule has 2 N–H and O–H groups in total.